The predicted molar refractivity (Wildman–Crippen MR) is 311 cm³/mol. The normalized spacial score (nSPS) is 11.9. The Labute approximate surface area is 420 Å². The quantitative estimate of drug-likeness (QED) is 0.146. The lowest BCUT2D eigenvalue weighted by Crippen LogP contribution is -1.99. The smallest absolute Gasteiger partial charge is 0.0619 e. The van der Waals surface area contributed by atoms with Crippen LogP contribution < -0.4 is 0 Å². The van der Waals surface area contributed by atoms with Gasteiger partial charge in [0.2, 0.25) is 0 Å². The molecule has 15 aromatic rings. The van der Waals surface area contributed by atoms with Crippen LogP contribution in [0.4, 0.5) is 0 Å². The van der Waals surface area contributed by atoms with Crippen molar-refractivity contribution in [2.45, 2.75) is 0 Å². The van der Waals surface area contributed by atoms with E-state index in [0.717, 1.165) is 0 Å². The summed E-state index contributed by atoms with van der Waals surface area (Å²) in [4.78, 5) is 0. The van der Waals surface area contributed by atoms with Crippen LogP contribution in [0.15, 0.2) is 261 Å². The highest BCUT2D eigenvalue weighted by atomic mass is 32.1. The fourth-order valence-corrected chi connectivity index (χ4v) is 13.1. The molecule has 0 aliphatic carbocycles. The first-order valence-electron chi connectivity index (χ1n) is 24.8. The lowest BCUT2D eigenvalue weighted by atomic mass is 9.86. The van der Waals surface area contributed by atoms with E-state index in [4.69, 9.17) is 0 Å². The molecule has 334 valence electrons. The van der Waals surface area contributed by atoms with Crippen molar-refractivity contribution in [3.8, 4) is 61.3 Å². The molecule has 0 radical (unpaired) electrons. The van der Waals surface area contributed by atoms with Gasteiger partial charge in [0.15, 0.2) is 0 Å². The number of aromatic nitrogens is 1. The Bertz CT molecular complexity index is 4450. The Morgan fingerprint density at radius 2 is 0.569 bits per heavy atom. The van der Waals surface area contributed by atoms with Crippen molar-refractivity contribution in [3.05, 3.63) is 261 Å². The number of thiophene rings is 1. The summed E-state index contributed by atoms with van der Waals surface area (Å²) in [6, 6.07) is 96.8. The standard InChI is InChI=1S/C70H43NS/c1-4-18-44(19-5-1)47-33-37-63-60(40-47)61-41-48(45-20-6-2-7-21-45)34-38-64(61)71(63)70-58-30-16-14-28-56(58)69(57-29-15-17-31-59(57)70)50-32-36-51-62-42-49(35-39-65(62)72-66(51)43-50)68-54-26-12-10-24-52(54)67(46-22-8-3-9-23-46)53-25-11-13-27-55(53)68/h1-43H. The number of nitrogens with zero attached hydrogens (tertiary/aromatic N) is 1. The lowest BCUT2D eigenvalue weighted by molar-refractivity contribution is 1.21. The molecule has 2 heterocycles. The second-order valence-corrected chi connectivity index (χ2v) is 20.2. The number of rotatable bonds is 6. The van der Waals surface area contributed by atoms with E-state index in [1.807, 2.05) is 11.3 Å². The first-order valence-corrected chi connectivity index (χ1v) is 25.6. The molecule has 0 N–H and O–H groups in total. The largest absolute Gasteiger partial charge is 0.308 e. The zero-order valence-electron chi connectivity index (χ0n) is 39.2. The zero-order chi connectivity index (χ0) is 47.3. The monoisotopic (exact) mass is 929 g/mol. The Hall–Kier alpha value is -9.08. The second-order valence-electron chi connectivity index (χ2n) is 19.1. The van der Waals surface area contributed by atoms with Gasteiger partial charge in [-0.3, -0.25) is 0 Å². The summed E-state index contributed by atoms with van der Waals surface area (Å²) >= 11 is 1.89. The minimum Gasteiger partial charge on any atom is -0.308 e. The van der Waals surface area contributed by atoms with E-state index in [0.29, 0.717) is 0 Å². The van der Waals surface area contributed by atoms with Gasteiger partial charge in [-0.15, -0.1) is 11.3 Å². The maximum atomic E-state index is 2.54. The number of hydrogen-bond donors (Lipinski definition) is 0. The van der Waals surface area contributed by atoms with Crippen LogP contribution in [0.5, 0.6) is 0 Å². The summed E-state index contributed by atoms with van der Waals surface area (Å²) in [5, 5.41) is 15.1. The van der Waals surface area contributed by atoms with Gasteiger partial charge >= 0.3 is 0 Å². The van der Waals surface area contributed by atoms with Crippen LogP contribution in [-0.4, -0.2) is 4.57 Å². The van der Waals surface area contributed by atoms with E-state index in [-0.39, 0.29) is 0 Å². The van der Waals surface area contributed by atoms with E-state index >= 15 is 0 Å². The molecule has 15 rings (SSSR count). The van der Waals surface area contributed by atoms with Crippen LogP contribution in [0.25, 0.3) is 146 Å². The Kier molecular flexibility index (Phi) is 9.20. The first-order chi connectivity index (χ1) is 35.7. The summed E-state index contributed by atoms with van der Waals surface area (Å²) < 4.78 is 5.12. The summed E-state index contributed by atoms with van der Waals surface area (Å²) in [7, 11) is 0. The maximum Gasteiger partial charge on any atom is 0.0619 e. The summed E-state index contributed by atoms with van der Waals surface area (Å²) in [6.07, 6.45) is 0. The summed E-state index contributed by atoms with van der Waals surface area (Å²) in [6.45, 7) is 0. The number of hydrogen-bond acceptors (Lipinski definition) is 1. The van der Waals surface area contributed by atoms with Gasteiger partial charge in [-0.1, -0.05) is 218 Å². The molecule has 1 nitrogen and oxygen atoms in total. The Morgan fingerprint density at radius 1 is 0.208 bits per heavy atom. The van der Waals surface area contributed by atoms with Gasteiger partial charge in [-0.25, -0.2) is 0 Å². The number of benzene rings is 13. The molecule has 0 saturated heterocycles. The molecule has 2 heteroatoms. The Morgan fingerprint density at radius 3 is 1.06 bits per heavy atom. The summed E-state index contributed by atoms with van der Waals surface area (Å²) in [5.74, 6) is 0. The van der Waals surface area contributed by atoms with Gasteiger partial charge in [0, 0.05) is 41.7 Å². The molecule has 0 unspecified atom stereocenters. The highest BCUT2D eigenvalue weighted by molar-refractivity contribution is 7.25. The third-order valence-electron chi connectivity index (χ3n) is 15.1. The van der Waals surface area contributed by atoms with Crippen molar-refractivity contribution in [2.24, 2.45) is 0 Å². The lowest BCUT2D eigenvalue weighted by Gasteiger charge is -2.19. The highest BCUT2D eigenvalue weighted by Crippen LogP contribution is 2.49. The minimum atomic E-state index is 1.19. The second kappa shape index (κ2) is 16.2. The SMILES string of the molecule is c1ccc(-c2ccc3c(c2)c2cc(-c4ccccc4)ccc2n3-c2c3ccccc3c(-c3ccc4c(c3)sc3ccc(-c5c6ccccc6c(-c6ccccc6)c6ccccc56)cc34)c3ccccc23)cc1. The molecule has 2 aromatic heterocycles. The molecule has 13 aromatic carbocycles. The van der Waals surface area contributed by atoms with E-state index in [2.05, 4.69) is 265 Å². The molecule has 72 heavy (non-hydrogen) atoms. The molecule has 0 fully saturated rings. The van der Waals surface area contributed by atoms with Crippen LogP contribution >= 0.6 is 11.3 Å². The topological polar surface area (TPSA) is 4.93 Å². The fraction of sp³-hybridized carbons (Fsp3) is 0. The minimum absolute atomic E-state index is 1.19. The molecular weight excluding hydrogens is 887 g/mol. The Balaban J connectivity index is 0.925. The molecule has 0 aliphatic rings. The van der Waals surface area contributed by atoms with E-state index in [1.165, 1.54) is 146 Å². The predicted octanol–water partition coefficient (Wildman–Crippen LogP) is 20.1. The van der Waals surface area contributed by atoms with Gasteiger partial charge in [0.25, 0.3) is 0 Å². The number of fused-ring (bicyclic) bond motifs is 10. The average Bonchev–Trinajstić information content (AvgIpc) is 3.98. The molecule has 0 amide bonds. The van der Waals surface area contributed by atoms with Crippen molar-refractivity contribution in [1.29, 1.82) is 0 Å². The molecule has 0 spiro atoms. The van der Waals surface area contributed by atoms with Gasteiger partial charge in [0.1, 0.15) is 0 Å². The van der Waals surface area contributed by atoms with Crippen LogP contribution in [0.2, 0.25) is 0 Å². The van der Waals surface area contributed by atoms with E-state index in [1.54, 1.807) is 0 Å². The van der Waals surface area contributed by atoms with Gasteiger partial charge in [-0.05, 0) is 130 Å². The molecule has 0 aliphatic heterocycles. The summed E-state index contributed by atoms with van der Waals surface area (Å²) in [5.41, 5.74) is 16.0. The molecule has 0 bridgehead atoms. The third-order valence-corrected chi connectivity index (χ3v) is 16.3. The van der Waals surface area contributed by atoms with Crippen LogP contribution in [0.3, 0.4) is 0 Å². The highest BCUT2D eigenvalue weighted by Gasteiger charge is 2.23. The molecular formula is C70H43NS. The van der Waals surface area contributed by atoms with Crippen molar-refractivity contribution < 1.29 is 0 Å². The maximum absolute atomic E-state index is 2.54. The molecule has 0 saturated carbocycles. The zero-order valence-corrected chi connectivity index (χ0v) is 40.0. The first kappa shape index (κ1) is 40.8. The van der Waals surface area contributed by atoms with Crippen LogP contribution in [0.1, 0.15) is 0 Å². The van der Waals surface area contributed by atoms with E-state index in [9.17, 15) is 0 Å². The van der Waals surface area contributed by atoms with Crippen molar-refractivity contribution in [1.82, 2.24) is 4.57 Å². The van der Waals surface area contributed by atoms with Gasteiger partial charge in [-0.2, -0.15) is 0 Å². The van der Waals surface area contributed by atoms with Gasteiger partial charge in [0.05, 0.1) is 16.7 Å². The van der Waals surface area contributed by atoms with Crippen molar-refractivity contribution in [3.63, 3.8) is 0 Å². The van der Waals surface area contributed by atoms with Crippen molar-refractivity contribution in [2.75, 3.05) is 0 Å². The van der Waals surface area contributed by atoms with Crippen LogP contribution in [0, 0.1) is 0 Å². The third kappa shape index (κ3) is 6.26. The fourth-order valence-electron chi connectivity index (χ4n) is 12.0. The van der Waals surface area contributed by atoms with Crippen molar-refractivity contribution >= 4 is 96.4 Å². The van der Waals surface area contributed by atoms with Crippen LogP contribution in [-0.2, 0) is 0 Å². The van der Waals surface area contributed by atoms with Gasteiger partial charge < -0.3 is 4.57 Å². The van der Waals surface area contributed by atoms with E-state index < -0.39 is 0 Å². The molecule has 0 atom stereocenters. The average molecular weight is 930 g/mol.